The average molecular weight is 281 g/mol. The van der Waals surface area contributed by atoms with Gasteiger partial charge >= 0.3 is 0 Å². The molecule has 4 nitrogen and oxygen atoms in total. The number of halogens is 1. The van der Waals surface area contributed by atoms with Gasteiger partial charge in [0.1, 0.15) is 0 Å². The number of carbonyl (C=O) groups excluding carboxylic acids is 1. The van der Waals surface area contributed by atoms with Crippen LogP contribution in [-0.4, -0.2) is 30.3 Å². The Morgan fingerprint density at radius 3 is 2.70 bits per heavy atom. The molecule has 0 saturated heterocycles. The van der Waals surface area contributed by atoms with Gasteiger partial charge in [0.05, 0.1) is 19.3 Å². The third-order valence-electron chi connectivity index (χ3n) is 3.91. The highest BCUT2D eigenvalue weighted by Crippen LogP contribution is 2.28. The van der Waals surface area contributed by atoms with Gasteiger partial charge in [0.2, 0.25) is 0 Å². The highest BCUT2D eigenvalue weighted by atomic mass is 19.1. The Morgan fingerprint density at radius 1 is 1.40 bits per heavy atom. The first kappa shape index (κ1) is 14.8. The summed E-state index contributed by atoms with van der Waals surface area (Å²) in [5, 5.41) is 12.5. The summed E-state index contributed by atoms with van der Waals surface area (Å²) in [6.07, 6.45) is 4.66. The number of nitrogens with one attached hydrogen (secondary N) is 1. The molecule has 2 N–H and O–H groups in total. The minimum Gasteiger partial charge on any atom is -0.494 e. The molecule has 0 bridgehead atoms. The number of hydrogen-bond donors (Lipinski definition) is 2. The third kappa shape index (κ3) is 3.10. The van der Waals surface area contributed by atoms with E-state index in [2.05, 4.69) is 5.32 Å². The zero-order valence-electron chi connectivity index (χ0n) is 11.6. The van der Waals surface area contributed by atoms with Crippen molar-refractivity contribution in [3.8, 4) is 5.75 Å². The van der Waals surface area contributed by atoms with Crippen molar-refractivity contribution < 1.29 is 19.0 Å². The van der Waals surface area contributed by atoms with E-state index in [0.717, 1.165) is 32.1 Å². The van der Waals surface area contributed by atoms with Crippen LogP contribution in [0.1, 0.15) is 42.5 Å². The van der Waals surface area contributed by atoms with Crippen molar-refractivity contribution in [2.75, 3.05) is 13.7 Å². The lowest BCUT2D eigenvalue weighted by molar-refractivity contribution is 0.0758. The van der Waals surface area contributed by atoms with Gasteiger partial charge in [0, 0.05) is 5.56 Å². The van der Waals surface area contributed by atoms with E-state index in [9.17, 15) is 14.3 Å². The van der Waals surface area contributed by atoms with E-state index in [4.69, 9.17) is 4.74 Å². The normalized spacial score (nSPS) is 17.6. The monoisotopic (exact) mass is 281 g/mol. The lowest BCUT2D eigenvalue weighted by Gasteiger charge is -2.36. The van der Waals surface area contributed by atoms with Crippen molar-refractivity contribution in [2.45, 2.75) is 37.6 Å². The second-order valence-electron chi connectivity index (χ2n) is 5.30. The van der Waals surface area contributed by atoms with Crippen molar-refractivity contribution in [3.63, 3.8) is 0 Å². The fourth-order valence-electron chi connectivity index (χ4n) is 2.67. The van der Waals surface area contributed by atoms with Crippen molar-refractivity contribution in [3.05, 3.63) is 29.6 Å². The molecule has 0 aliphatic heterocycles. The Labute approximate surface area is 117 Å². The number of ether oxygens (including phenoxy) is 1. The summed E-state index contributed by atoms with van der Waals surface area (Å²) in [4.78, 5) is 12.3. The lowest BCUT2D eigenvalue weighted by Crippen LogP contribution is -2.52. The Balaban J connectivity index is 2.14. The number of benzene rings is 1. The van der Waals surface area contributed by atoms with Crippen LogP contribution in [0.25, 0.3) is 0 Å². The molecule has 2 rings (SSSR count). The SMILES string of the molecule is COc1cc(C(=O)NC2(CO)CCCCC2)ccc1F. The molecule has 110 valence electrons. The van der Waals surface area contributed by atoms with Crippen molar-refractivity contribution in [1.82, 2.24) is 5.32 Å². The van der Waals surface area contributed by atoms with E-state index < -0.39 is 11.4 Å². The second-order valence-corrected chi connectivity index (χ2v) is 5.30. The maximum Gasteiger partial charge on any atom is 0.251 e. The molecule has 0 aromatic heterocycles. The maximum atomic E-state index is 13.3. The van der Waals surface area contributed by atoms with Crippen LogP contribution in [0.2, 0.25) is 0 Å². The van der Waals surface area contributed by atoms with Gasteiger partial charge < -0.3 is 15.2 Å². The molecule has 0 unspecified atom stereocenters. The van der Waals surface area contributed by atoms with Crippen LogP contribution in [-0.2, 0) is 0 Å². The van der Waals surface area contributed by atoms with Crippen LogP contribution in [0.3, 0.4) is 0 Å². The summed E-state index contributed by atoms with van der Waals surface area (Å²) in [5.74, 6) is -0.766. The highest BCUT2D eigenvalue weighted by Gasteiger charge is 2.33. The van der Waals surface area contributed by atoms with Gasteiger partial charge in [-0.15, -0.1) is 0 Å². The molecule has 20 heavy (non-hydrogen) atoms. The summed E-state index contributed by atoms with van der Waals surface area (Å²) in [6, 6.07) is 4.00. The Hall–Kier alpha value is -1.62. The molecule has 5 heteroatoms. The zero-order valence-corrected chi connectivity index (χ0v) is 11.6. The van der Waals surface area contributed by atoms with Gasteiger partial charge in [0.25, 0.3) is 5.91 Å². The van der Waals surface area contributed by atoms with E-state index in [1.54, 1.807) is 0 Å². The second kappa shape index (κ2) is 6.22. The van der Waals surface area contributed by atoms with Crippen LogP contribution in [0.4, 0.5) is 4.39 Å². The summed E-state index contributed by atoms with van der Waals surface area (Å²) in [6.45, 7) is -0.0724. The molecule has 0 radical (unpaired) electrons. The first-order chi connectivity index (χ1) is 9.60. The maximum absolute atomic E-state index is 13.3. The molecule has 0 spiro atoms. The molecule has 1 fully saturated rings. The highest BCUT2D eigenvalue weighted by molar-refractivity contribution is 5.95. The molecule has 0 heterocycles. The number of aliphatic hydroxyl groups excluding tert-OH is 1. The largest absolute Gasteiger partial charge is 0.494 e. The molecule has 1 aliphatic carbocycles. The molecular weight excluding hydrogens is 261 g/mol. The zero-order chi connectivity index (χ0) is 14.6. The first-order valence-corrected chi connectivity index (χ1v) is 6.87. The predicted molar refractivity (Wildman–Crippen MR) is 73.3 cm³/mol. The van der Waals surface area contributed by atoms with E-state index in [0.29, 0.717) is 5.56 Å². The van der Waals surface area contributed by atoms with Crippen LogP contribution in [0.15, 0.2) is 18.2 Å². The minimum absolute atomic E-state index is 0.0411. The standard InChI is InChI=1S/C15H20FNO3/c1-20-13-9-11(5-6-12(13)16)14(19)17-15(10-18)7-3-2-4-8-15/h5-6,9,18H,2-4,7-8,10H2,1H3,(H,17,19). The molecular formula is C15H20FNO3. The van der Waals surface area contributed by atoms with E-state index in [1.165, 1.54) is 25.3 Å². The van der Waals surface area contributed by atoms with Gasteiger partial charge in [0.15, 0.2) is 11.6 Å². The summed E-state index contributed by atoms with van der Waals surface area (Å²) >= 11 is 0. The lowest BCUT2D eigenvalue weighted by atomic mass is 9.82. The van der Waals surface area contributed by atoms with Crippen LogP contribution < -0.4 is 10.1 Å². The quantitative estimate of drug-likeness (QED) is 0.890. The minimum atomic E-state index is -0.545. The fraction of sp³-hybridized carbons (Fsp3) is 0.533. The van der Waals surface area contributed by atoms with E-state index in [1.807, 2.05) is 0 Å². The number of carbonyl (C=O) groups is 1. The van der Waals surface area contributed by atoms with Crippen LogP contribution in [0, 0.1) is 5.82 Å². The average Bonchev–Trinajstić information content (AvgIpc) is 2.48. The van der Waals surface area contributed by atoms with Gasteiger partial charge in [-0.1, -0.05) is 19.3 Å². The topological polar surface area (TPSA) is 58.6 Å². The molecule has 1 aliphatic rings. The number of methoxy groups -OCH3 is 1. The number of hydrogen-bond acceptors (Lipinski definition) is 3. The van der Waals surface area contributed by atoms with Crippen molar-refractivity contribution in [1.29, 1.82) is 0 Å². The van der Waals surface area contributed by atoms with E-state index >= 15 is 0 Å². The van der Waals surface area contributed by atoms with Gasteiger partial charge in [-0.3, -0.25) is 4.79 Å². The number of rotatable bonds is 4. The first-order valence-electron chi connectivity index (χ1n) is 6.87. The van der Waals surface area contributed by atoms with E-state index in [-0.39, 0.29) is 18.3 Å². The molecule has 0 atom stereocenters. The Morgan fingerprint density at radius 2 is 2.10 bits per heavy atom. The number of aliphatic hydroxyl groups is 1. The van der Waals surface area contributed by atoms with Crippen LogP contribution in [0.5, 0.6) is 5.75 Å². The Kier molecular flexibility index (Phi) is 4.60. The van der Waals surface area contributed by atoms with Gasteiger partial charge in [-0.2, -0.15) is 0 Å². The van der Waals surface area contributed by atoms with Gasteiger partial charge in [-0.25, -0.2) is 4.39 Å². The van der Waals surface area contributed by atoms with Gasteiger partial charge in [-0.05, 0) is 31.0 Å². The molecule has 1 amide bonds. The Bertz CT molecular complexity index is 484. The molecule has 1 aromatic carbocycles. The van der Waals surface area contributed by atoms with Crippen molar-refractivity contribution >= 4 is 5.91 Å². The molecule has 1 aromatic rings. The molecule has 1 saturated carbocycles. The summed E-state index contributed by atoms with van der Waals surface area (Å²) in [5.41, 5.74) is -0.210. The third-order valence-corrected chi connectivity index (χ3v) is 3.91. The van der Waals surface area contributed by atoms with Crippen molar-refractivity contribution in [2.24, 2.45) is 0 Å². The summed E-state index contributed by atoms with van der Waals surface area (Å²) in [7, 11) is 1.36. The number of amides is 1. The van der Waals surface area contributed by atoms with Crippen LogP contribution >= 0.6 is 0 Å². The smallest absolute Gasteiger partial charge is 0.251 e. The predicted octanol–water partition coefficient (Wildman–Crippen LogP) is 2.26. The fourth-order valence-corrected chi connectivity index (χ4v) is 2.67. The summed E-state index contributed by atoms with van der Waals surface area (Å²) < 4.78 is 18.2.